The summed E-state index contributed by atoms with van der Waals surface area (Å²) in [6, 6.07) is 4.22. The van der Waals surface area contributed by atoms with Crippen molar-refractivity contribution in [1.29, 1.82) is 0 Å². The number of piperazine rings is 1. The second-order valence-corrected chi connectivity index (χ2v) is 6.01. The number of fused-ring (bicyclic) bond motifs is 1. The summed E-state index contributed by atoms with van der Waals surface area (Å²) < 4.78 is 27.0. The number of aliphatic hydroxyl groups excluding tert-OH is 1. The molecule has 20 heavy (non-hydrogen) atoms. The van der Waals surface area contributed by atoms with Gasteiger partial charge in [0.15, 0.2) is 0 Å². The fraction of sp³-hybridized carbons (Fsp3) is 0.600. The molecule has 2 aliphatic heterocycles. The van der Waals surface area contributed by atoms with E-state index in [4.69, 9.17) is 0 Å². The first kappa shape index (κ1) is 13.9. The van der Waals surface area contributed by atoms with Gasteiger partial charge in [-0.3, -0.25) is 9.80 Å². The van der Waals surface area contributed by atoms with E-state index in [1.165, 1.54) is 12.1 Å². The molecule has 3 atom stereocenters. The summed E-state index contributed by atoms with van der Waals surface area (Å²) in [7, 11) is 0. The third kappa shape index (κ3) is 2.71. The van der Waals surface area contributed by atoms with Crippen molar-refractivity contribution in [3.8, 4) is 0 Å². The third-order valence-electron chi connectivity index (χ3n) is 4.45. The van der Waals surface area contributed by atoms with E-state index < -0.39 is 5.82 Å². The van der Waals surface area contributed by atoms with Gasteiger partial charge in [0, 0.05) is 43.8 Å². The maximum absolute atomic E-state index is 13.7. The largest absolute Gasteiger partial charge is 0.392 e. The number of aliphatic hydroxyl groups is 1. The van der Waals surface area contributed by atoms with Gasteiger partial charge < -0.3 is 5.11 Å². The molecule has 1 aromatic rings. The van der Waals surface area contributed by atoms with Gasteiger partial charge in [-0.15, -0.1) is 0 Å². The van der Waals surface area contributed by atoms with Crippen molar-refractivity contribution in [2.24, 2.45) is 0 Å². The molecule has 0 spiro atoms. The first-order chi connectivity index (χ1) is 9.52. The molecule has 0 radical (unpaired) electrons. The second kappa shape index (κ2) is 5.39. The van der Waals surface area contributed by atoms with Crippen LogP contribution in [0.3, 0.4) is 0 Å². The fourth-order valence-corrected chi connectivity index (χ4v) is 3.38. The minimum Gasteiger partial charge on any atom is -0.392 e. The van der Waals surface area contributed by atoms with Crippen molar-refractivity contribution in [3.63, 3.8) is 0 Å². The lowest BCUT2D eigenvalue weighted by Crippen LogP contribution is -2.54. The Morgan fingerprint density at radius 1 is 1.25 bits per heavy atom. The van der Waals surface area contributed by atoms with E-state index in [1.807, 2.05) is 0 Å². The van der Waals surface area contributed by atoms with Crippen LogP contribution in [0.2, 0.25) is 0 Å². The number of halogens is 2. The van der Waals surface area contributed by atoms with Crippen molar-refractivity contribution in [2.45, 2.75) is 38.1 Å². The quantitative estimate of drug-likeness (QED) is 0.892. The maximum atomic E-state index is 13.7. The molecule has 1 N–H and O–H groups in total. The van der Waals surface area contributed by atoms with Gasteiger partial charge in [-0.05, 0) is 31.5 Å². The van der Waals surface area contributed by atoms with E-state index in [1.54, 1.807) is 0 Å². The minimum atomic E-state index is -0.399. The van der Waals surface area contributed by atoms with Crippen LogP contribution in [-0.2, 0) is 6.54 Å². The van der Waals surface area contributed by atoms with Crippen LogP contribution in [0, 0.1) is 11.6 Å². The molecule has 0 amide bonds. The molecule has 0 aliphatic carbocycles. The van der Waals surface area contributed by atoms with Gasteiger partial charge in [0.1, 0.15) is 11.6 Å². The summed E-state index contributed by atoms with van der Waals surface area (Å²) >= 11 is 0. The highest BCUT2D eigenvalue weighted by molar-refractivity contribution is 5.19. The lowest BCUT2D eigenvalue weighted by atomic mass is 10.1. The van der Waals surface area contributed by atoms with Crippen LogP contribution in [0.25, 0.3) is 0 Å². The molecule has 3 rings (SSSR count). The highest BCUT2D eigenvalue weighted by atomic mass is 19.1. The Hall–Kier alpha value is -1.04. The van der Waals surface area contributed by atoms with Gasteiger partial charge in [0.05, 0.1) is 6.10 Å². The van der Waals surface area contributed by atoms with Gasteiger partial charge in [0.2, 0.25) is 0 Å². The Kier molecular flexibility index (Phi) is 3.75. The molecule has 2 heterocycles. The van der Waals surface area contributed by atoms with Gasteiger partial charge in [-0.25, -0.2) is 8.78 Å². The highest BCUT2D eigenvalue weighted by Gasteiger charge is 2.38. The number of rotatable bonds is 2. The van der Waals surface area contributed by atoms with E-state index in [9.17, 15) is 13.9 Å². The molecule has 0 aromatic heterocycles. The monoisotopic (exact) mass is 282 g/mol. The lowest BCUT2D eigenvalue weighted by molar-refractivity contribution is 0.0521. The summed E-state index contributed by atoms with van der Waals surface area (Å²) in [4.78, 5) is 4.48. The van der Waals surface area contributed by atoms with Crippen molar-refractivity contribution in [3.05, 3.63) is 35.4 Å². The van der Waals surface area contributed by atoms with E-state index in [-0.39, 0.29) is 18.0 Å². The molecule has 0 unspecified atom stereocenters. The van der Waals surface area contributed by atoms with Crippen LogP contribution < -0.4 is 0 Å². The number of nitrogens with zero attached hydrogens (tertiary/aromatic N) is 2. The topological polar surface area (TPSA) is 26.7 Å². The Morgan fingerprint density at radius 3 is 2.85 bits per heavy atom. The normalized spacial score (nSPS) is 31.5. The van der Waals surface area contributed by atoms with Gasteiger partial charge >= 0.3 is 0 Å². The molecular weight excluding hydrogens is 262 g/mol. The average Bonchev–Trinajstić information content (AvgIpc) is 2.73. The zero-order chi connectivity index (χ0) is 14.3. The highest BCUT2D eigenvalue weighted by Crippen LogP contribution is 2.26. The zero-order valence-electron chi connectivity index (χ0n) is 11.6. The third-order valence-corrected chi connectivity index (χ3v) is 4.45. The molecule has 0 saturated carbocycles. The minimum absolute atomic E-state index is 0.252. The Morgan fingerprint density at radius 2 is 2.05 bits per heavy atom. The van der Waals surface area contributed by atoms with Crippen molar-refractivity contribution in [1.82, 2.24) is 9.80 Å². The molecule has 2 aliphatic rings. The van der Waals surface area contributed by atoms with E-state index in [0.29, 0.717) is 18.2 Å². The lowest BCUT2D eigenvalue weighted by Gasteiger charge is -2.42. The SMILES string of the molecule is C[C@H]1CN2C[C@H](O)C[C@H]2CN1Cc1cc(F)ccc1F. The van der Waals surface area contributed by atoms with Gasteiger partial charge in [0.25, 0.3) is 0 Å². The standard InChI is InChI=1S/C15H20F2N2O/c1-10-6-19-9-14(20)5-13(19)8-18(10)7-11-4-12(16)2-3-15(11)17/h2-4,10,13-14,20H,5-9H2,1H3/t10-,13-,14+/m0/s1. The van der Waals surface area contributed by atoms with Crippen LogP contribution in [-0.4, -0.2) is 52.7 Å². The molecular formula is C15H20F2N2O. The van der Waals surface area contributed by atoms with Crippen LogP contribution in [0.4, 0.5) is 8.78 Å². The molecule has 0 bridgehead atoms. The molecule has 5 heteroatoms. The van der Waals surface area contributed by atoms with Crippen molar-refractivity contribution >= 4 is 0 Å². The summed E-state index contributed by atoms with van der Waals surface area (Å²) in [5, 5.41) is 9.73. The maximum Gasteiger partial charge on any atom is 0.127 e. The number of benzene rings is 1. The molecule has 110 valence electrons. The van der Waals surface area contributed by atoms with E-state index in [0.717, 1.165) is 32.1 Å². The van der Waals surface area contributed by atoms with Gasteiger partial charge in [-0.2, -0.15) is 0 Å². The molecule has 2 saturated heterocycles. The average molecular weight is 282 g/mol. The smallest absolute Gasteiger partial charge is 0.127 e. The van der Waals surface area contributed by atoms with Crippen LogP contribution in [0.1, 0.15) is 18.9 Å². The first-order valence-electron chi connectivity index (χ1n) is 7.13. The number of hydrogen-bond acceptors (Lipinski definition) is 3. The molecule has 1 aromatic carbocycles. The summed E-state index contributed by atoms with van der Waals surface area (Å²) in [5.74, 6) is -0.753. The van der Waals surface area contributed by atoms with E-state index >= 15 is 0 Å². The first-order valence-corrected chi connectivity index (χ1v) is 7.13. The van der Waals surface area contributed by atoms with Crippen LogP contribution in [0.5, 0.6) is 0 Å². The predicted octanol–water partition coefficient (Wildman–Crippen LogP) is 1.60. The summed E-state index contributed by atoms with van der Waals surface area (Å²) in [6.45, 7) is 4.92. The van der Waals surface area contributed by atoms with Crippen molar-refractivity contribution < 1.29 is 13.9 Å². The zero-order valence-corrected chi connectivity index (χ0v) is 11.6. The fourth-order valence-electron chi connectivity index (χ4n) is 3.38. The van der Waals surface area contributed by atoms with Crippen molar-refractivity contribution in [2.75, 3.05) is 19.6 Å². The summed E-state index contributed by atoms with van der Waals surface area (Å²) in [5.41, 5.74) is 0.406. The van der Waals surface area contributed by atoms with E-state index in [2.05, 4.69) is 16.7 Å². The Balaban J connectivity index is 1.72. The Labute approximate surface area is 117 Å². The predicted molar refractivity (Wildman–Crippen MR) is 72.2 cm³/mol. The molecule has 2 fully saturated rings. The Bertz CT molecular complexity index is 497. The number of hydrogen-bond donors (Lipinski definition) is 1. The molecule has 3 nitrogen and oxygen atoms in total. The van der Waals surface area contributed by atoms with Gasteiger partial charge in [-0.1, -0.05) is 0 Å². The second-order valence-electron chi connectivity index (χ2n) is 6.01. The summed E-state index contributed by atoms with van der Waals surface area (Å²) in [6.07, 6.45) is 0.521. The van der Waals surface area contributed by atoms with Crippen LogP contribution >= 0.6 is 0 Å². The van der Waals surface area contributed by atoms with Crippen LogP contribution in [0.15, 0.2) is 18.2 Å².